The van der Waals surface area contributed by atoms with E-state index in [1.165, 1.54) is 0 Å². The third kappa shape index (κ3) is 11.9. The normalized spacial score (nSPS) is 19.8. The number of carbonyl (C=O) groups is 4. The molecule has 2 fully saturated rings. The molecule has 0 aliphatic carbocycles. The second-order valence-corrected chi connectivity index (χ2v) is 7.03. The van der Waals surface area contributed by atoms with E-state index in [2.05, 4.69) is 56.5 Å². The first-order valence-corrected chi connectivity index (χ1v) is 10.4. The Bertz CT molecular complexity index is 481. The molecule has 0 aromatic rings. The van der Waals surface area contributed by atoms with Crippen molar-refractivity contribution in [3.05, 3.63) is 0 Å². The fraction of sp³-hybridized carbons (Fsp3) is 0.750. The van der Waals surface area contributed by atoms with Crippen LogP contribution in [-0.2, 0) is 28.9 Å². The van der Waals surface area contributed by atoms with Crippen LogP contribution in [0.4, 0.5) is 0 Å². The molecule has 0 unspecified atom stereocenters. The van der Waals surface area contributed by atoms with Gasteiger partial charge in [0.05, 0.1) is 0 Å². The summed E-state index contributed by atoms with van der Waals surface area (Å²) in [6, 6.07) is -0.544. The molecule has 2 saturated heterocycles. The van der Waals surface area contributed by atoms with Crippen molar-refractivity contribution in [2.24, 2.45) is 0 Å². The minimum atomic E-state index is -0.421. The molecule has 0 bridgehead atoms. The van der Waals surface area contributed by atoms with Gasteiger partial charge in [-0.1, -0.05) is 0 Å². The molecule has 2 aliphatic rings. The maximum absolute atomic E-state index is 11.2. The zero-order valence-electron chi connectivity index (χ0n) is 16.1. The van der Waals surface area contributed by atoms with Crippen LogP contribution in [0.15, 0.2) is 0 Å². The molecule has 29 heavy (non-hydrogen) atoms. The molecule has 0 spiro atoms. The molecular formula is C16H30N4O7S2. The maximum Gasteiger partial charge on any atom is 0.348 e. The number of hydrogen-bond acceptors (Lipinski definition) is 10. The second kappa shape index (κ2) is 16.3. The Morgan fingerprint density at radius 1 is 0.793 bits per heavy atom. The van der Waals surface area contributed by atoms with Crippen molar-refractivity contribution in [2.75, 3.05) is 24.6 Å². The number of thiol groups is 2. The monoisotopic (exact) mass is 454 g/mol. The van der Waals surface area contributed by atoms with Gasteiger partial charge in [-0.2, -0.15) is 36.2 Å². The first-order valence-electron chi connectivity index (χ1n) is 9.15. The minimum absolute atomic E-state index is 0. The fourth-order valence-electron chi connectivity index (χ4n) is 2.43. The van der Waals surface area contributed by atoms with E-state index in [0.717, 1.165) is 38.8 Å². The van der Waals surface area contributed by atoms with Crippen LogP contribution >= 0.6 is 25.3 Å². The van der Waals surface area contributed by atoms with E-state index >= 15 is 0 Å². The summed E-state index contributed by atoms with van der Waals surface area (Å²) in [7, 11) is 0. The van der Waals surface area contributed by atoms with Crippen LogP contribution in [0.3, 0.4) is 0 Å². The Labute approximate surface area is 180 Å². The van der Waals surface area contributed by atoms with Gasteiger partial charge in [-0.25, -0.2) is 9.59 Å². The minimum Gasteiger partial charge on any atom is -0.412 e. The van der Waals surface area contributed by atoms with Crippen molar-refractivity contribution >= 4 is 49.0 Å². The molecule has 0 saturated carbocycles. The number of hydroxylamine groups is 2. The van der Waals surface area contributed by atoms with Crippen LogP contribution in [-0.4, -0.2) is 65.9 Å². The van der Waals surface area contributed by atoms with Crippen LogP contribution < -0.4 is 21.6 Å². The first-order chi connectivity index (χ1) is 13.5. The Kier molecular flexibility index (Phi) is 15.4. The summed E-state index contributed by atoms with van der Waals surface area (Å²) in [6.45, 7) is 1.65. The lowest BCUT2D eigenvalue weighted by Gasteiger charge is -2.09. The van der Waals surface area contributed by atoms with Crippen molar-refractivity contribution in [2.45, 2.75) is 50.6 Å². The van der Waals surface area contributed by atoms with Gasteiger partial charge in [0.25, 0.3) is 11.8 Å². The Morgan fingerprint density at radius 2 is 1.17 bits per heavy atom. The second-order valence-electron chi connectivity index (χ2n) is 6.14. The summed E-state index contributed by atoms with van der Waals surface area (Å²) in [5.41, 5.74) is 4.17. The Hall–Kier alpha value is -1.54. The number of hydrogen-bond donors (Lipinski definition) is 6. The van der Waals surface area contributed by atoms with Gasteiger partial charge in [-0.3, -0.25) is 9.59 Å². The van der Waals surface area contributed by atoms with Gasteiger partial charge in [0.15, 0.2) is 0 Å². The zero-order valence-corrected chi connectivity index (χ0v) is 17.9. The number of nitrogens with one attached hydrogen (secondary N) is 4. The van der Waals surface area contributed by atoms with E-state index in [0.29, 0.717) is 11.5 Å². The van der Waals surface area contributed by atoms with Gasteiger partial charge in [-0.05, 0) is 50.3 Å². The number of amides is 2. The largest absolute Gasteiger partial charge is 0.412 e. The van der Waals surface area contributed by atoms with Crippen LogP contribution in [0.5, 0.6) is 0 Å². The Morgan fingerprint density at radius 3 is 1.45 bits per heavy atom. The third-order valence-corrected chi connectivity index (χ3v) is 4.35. The molecule has 13 heteroatoms. The van der Waals surface area contributed by atoms with E-state index in [9.17, 15) is 19.2 Å². The lowest BCUT2D eigenvalue weighted by molar-refractivity contribution is -0.159. The molecule has 2 aliphatic heterocycles. The lowest BCUT2D eigenvalue weighted by Crippen LogP contribution is -2.37. The predicted molar refractivity (Wildman–Crippen MR) is 111 cm³/mol. The summed E-state index contributed by atoms with van der Waals surface area (Å²) < 4.78 is 0. The summed E-state index contributed by atoms with van der Waals surface area (Å²) in [6.07, 6.45) is 3.94. The molecule has 0 aromatic heterocycles. The van der Waals surface area contributed by atoms with Gasteiger partial charge in [0.2, 0.25) is 0 Å². The molecule has 0 radical (unpaired) electrons. The SMILES string of the molecule is O.O=C(CCS)NOC(=O)[C@@H]1CCCN1.O=C(CCS)NOC(=O)[C@@H]1CCCN1. The third-order valence-electron chi connectivity index (χ3n) is 3.90. The molecular weight excluding hydrogens is 424 g/mol. The summed E-state index contributed by atoms with van der Waals surface area (Å²) in [5.74, 6) is -0.626. The average molecular weight is 455 g/mol. The van der Waals surface area contributed by atoms with E-state index in [1.54, 1.807) is 0 Å². The van der Waals surface area contributed by atoms with Crippen LogP contribution in [0.25, 0.3) is 0 Å². The van der Waals surface area contributed by atoms with E-state index in [4.69, 9.17) is 0 Å². The zero-order chi connectivity index (χ0) is 20.8. The Balaban J connectivity index is 0.000000523. The summed E-state index contributed by atoms with van der Waals surface area (Å²) in [5, 5.41) is 5.94. The van der Waals surface area contributed by atoms with Gasteiger partial charge in [0, 0.05) is 12.8 Å². The number of carbonyl (C=O) groups excluding carboxylic acids is 4. The van der Waals surface area contributed by atoms with Crippen molar-refractivity contribution in [1.29, 1.82) is 0 Å². The molecule has 2 atom stereocenters. The molecule has 2 amide bonds. The molecule has 2 heterocycles. The van der Waals surface area contributed by atoms with E-state index < -0.39 is 11.9 Å². The maximum atomic E-state index is 11.2. The number of rotatable bonds is 6. The van der Waals surface area contributed by atoms with Crippen LogP contribution in [0, 0.1) is 0 Å². The molecule has 0 aromatic carbocycles. The predicted octanol–water partition coefficient (Wildman–Crippen LogP) is -1.56. The highest BCUT2D eigenvalue weighted by molar-refractivity contribution is 7.80. The van der Waals surface area contributed by atoms with Gasteiger partial charge in [0.1, 0.15) is 12.1 Å². The molecule has 168 valence electrons. The standard InChI is InChI=1S/2C8H14N2O3S.H2O/c2*11-7(3-5-14)10-13-8(12)6-2-1-4-9-6;/h2*6,9,14H,1-5H2,(H,10,11);1H2/t2*6-;/m00./s1. The van der Waals surface area contributed by atoms with Crippen LogP contribution in [0.1, 0.15) is 38.5 Å². The molecule has 6 N–H and O–H groups in total. The fourth-order valence-corrected chi connectivity index (χ4v) is 2.84. The topological polar surface area (TPSA) is 166 Å². The highest BCUT2D eigenvalue weighted by Crippen LogP contribution is 2.06. The van der Waals surface area contributed by atoms with Gasteiger partial charge >= 0.3 is 11.9 Å². The van der Waals surface area contributed by atoms with Gasteiger partial charge in [-0.15, -0.1) is 0 Å². The highest BCUT2D eigenvalue weighted by atomic mass is 32.1. The lowest BCUT2D eigenvalue weighted by atomic mass is 10.2. The van der Waals surface area contributed by atoms with Crippen molar-refractivity contribution in [3.8, 4) is 0 Å². The van der Waals surface area contributed by atoms with E-state index in [-0.39, 0.29) is 42.2 Å². The van der Waals surface area contributed by atoms with Crippen LogP contribution in [0.2, 0.25) is 0 Å². The van der Waals surface area contributed by atoms with Crippen molar-refractivity contribution in [1.82, 2.24) is 21.6 Å². The van der Waals surface area contributed by atoms with E-state index in [1.807, 2.05) is 0 Å². The summed E-state index contributed by atoms with van der Waals surface area (Å²) in [4.78, 5) is 53.5. The molecule has 11 nitrogen and oxygen atoms in total. The quantitative estimate of drug-likeness (QED) is 0.207. The average Bonchev–Trinajstić information content (AvgIpc) is 3.39. The van der Waals surface area contributed by atoms with Gasteiger partial charge < -0.3 is 25.8 Å². The smallest absolute Gasteiger partial charge is 0.348 e. The summed E-state index contributed by atoms with van der Waals surface area (Å²) >= 11 is 7.76. The highest BCUT2D eigenvalue weighted by Gasteiger charge is 2.25. The van der Waals surface area contributed by atoms with Crippen molar-refractivity contribution < 1.29 is 34.3 Å². The van der Waals surface area contributed by atoms with Crippen molar-refractivity contribution in [3.63, 3.8) is 0 Å². The first kappa shape index (κ1) is 27.5. The molecule has 2 rings (SSSR count).